The summed E-state index contributed by atoms with van der Waals surface area (Å²) in [5, 5.41) is 2.52. The molecule has 2 aromatic carbocycles. The fraction of sp³-hybridized carbons (Fsp3) is 0.208. The number of benzene rings is 2. The largest absolute Gasteiger partial charge is 0.289 e. The van der Waals surface area contributed by atoms with E-state index in [0.29, 0.717) is 17.2 Å². The fourth-order valence-electron chi connectivity index (χ4n) is 3.82. The van der Waals surface area contributed by atoms with Crippen LogP contribution in [-0.2, 0) is 11.2 Å². The first-order valence-corrected chi connectivity index (χ1v) is 10.5. The molecule has 4 nitrogen and oxygen atoms in total. The van der Waals surface area contributed by atoms with Gasteiger partial charge in [0.05, 0.1) is 11.4 Å². The number of thiazole rings is 1. The summed E-state index contributed by atoms with van der Waals surface area (Å²) in [7, 11) is 0. The van der Waals surface area contributed by atoms with Crippen molar-refractivity contribution in [3.8, 4) is 0 Å². The number of rotatable bonds is 3. The second-order valence-electron chi connectivity index (χ2n) is 7.31. The molecule has 1 aliphatic rings. The van der Waals surface area contributed by atoms with E-state index in [1.54, 1.807) is 11.8 Å². The number of aryl methyl sites for hydroxylation is 3. The van der Waals surface area contributed by atoms with Crippen molar-refractivity contribution in [1.82, 2.24) is 4.98 Å². The molecule has 0 aliphatic heterocycles. The molecular formula is C24H22N2O2S. The van der Waals surface area contributed by atoms with Gasteiger partial charge in [-0.15, -0.1) is 11.3 Å². The van der Waals surface area contributed by atoms with E-state index in [-0.39, 0.29) is 11.7 Å². The van der Waals surface area contributed by atoms with E-state index in [2.05, 4.69) is 4.98 Å². The van der Waals surface area contributed by atoms with Crippen LogP contribution in [0.15, 0.2) is 53.4 Å². The second-order valence-corrected chi connectivity index (χ2v) is 8.14. The van der Waals surface area contributed by atoms with Crippen LogP contribution in [0.3, 0.4) is 0 Å². The lowest BCUT2D eigenvalue weighted by Crippen LogP contribution is -2.24. The minimum Gasteiger partial charge on any atom is -0.289 e. The van der Waals surface area contributed by atoms with Gasteiger partial charge in [0.2, 0.25) is 5.91 Å². The molecule has 1 amide bonds. The van der Waals surface area contributed by atoms with E-state index in [1.807, 2.05) is 67.8 Å². The lowest BCUT2D eigenvalue weighted by atomic mass is 9.86. The molecule has 29 heavy (non-hydrogen) atoms. The topological polar surface area (TPSA) is 50.3 Å². The smallest absolute Gasteiger partial charge is 0.230 e. The van der Waals surface area contributed by atoms with Gasteiger partial charge in [-0.3, -0.25) is 14.5 Å². The molecule has 0 radical (unpaired) electrons. The molecule has 3 aromatic rings. The number of Topliss-reactive ketones (excluding diaryl/α,β-unsaturated/α-hetero) is 1. The Morgan fingerprint density at radius 3 is 2.52 bits per heavy atom. The molecule has 0 atom stereocenters. The highest BCUT2D eigenvalue weighted by Gasteiger charge is 2.23. The van der Waals surface area contributed by atoms with Gasteiger partial charge in [-0.25, -0.2) is 4.98 Å². The number of hydrogen-bond acceptors (Lipinski definition) is 4. The molecule has 4 rings (SSSR count). The molecule has 0 N–H and O–H groups in total. The Bertz CT molecular complexity index is 1120. The standard InChI is InChI=1S/C24H22N2O2S/c1-15-7-6-8-16(2)22(15)26(17(3)27)24-25-20(14-29-24)13-19-12-11-18-9-4-5-10-21(18)23(19)28/h4-10,13-14H,11-12H2,1-3H3/b19-13-. The normalized spacial score (nSPS) is 14.7. The summed E-state index contributed by atoms with van der Waals surface area (Å²) >= 11 is 1.41. The minimum atomic E-state index is -0.0846. The highest BCUT2D eigenvalue weighted by Crippen LogP contribution is 2.34. The average molecular weight is 403 g/mol. The second kappa shape index (κ2) is 7.76. The van der Waals surface area contributed by atoms with Gasteiger partial charge < -0.3 is 0 Å². The summed E-state index contributed by atoms with van der Waals surface area (Å²) < 4.78 is 0. The molecule has 0 fully saturated rings. The van der Waals surface area contributed by atoms with Crippen molar-refractivity contribution in [2.24, 2.45) is 0 Å². The summed E-state index contributed by atoms with van der Waals surface area (Å²) in [6.07, 6.45) is 3.42. The molecule has 1 heterocycles. The van der Waals surface area contributed by atoms with Crippen molar-refractivity contribution in [3.63, 3.8) is 0 Å². The van der Waals surface area contributed by atoms with Crippen LogP contribution in [0.5, 0.6) is 0 Å². The van der Waals surface area contributed by atoms with E-state index in [1.165, 1.54) is 11.3 Å². The van der Waals surface area contributed by atoms with Gasteiger partial charge in [0.1, 0.15) is 0 Å². The first-order chi connectivity index (χ1) is 14.0. The Labute approximate surface area is 174 Å². The Morgan fingerprint density at radius 1 is 1.07 bits per heavy atom. The minimum absolute atomic E-state index is 0.0690. The molecule has 5 heteroatoms. The van der Waals surface area contributed by atoms with Crippen LogP contribution in [0, 0.1) is 13.8 Å². The third kappa shape index (κ3) is 3.66. The Kier molecular flexibility index (Phi) is 5.16. The van der Waals surface area contributed by atoms with Gasteiger partial charge in [0.15, 0.2) is 10.9 Å². The molecule has 0 saturated heterocycles. The highest BCUT2D eigenvalue weighted by atomic mass is 32.1. The van der Waals surface area contributed by atoms with E-state index < -0.39 is 0 Å². The quantitative estimate of drug-likeness (QED) is 0.531. The lowest BCUT2D eigenvalue weighted by Gasteiger charge is -2.22. The SMILES string of the molecule is CC(=O)N(c1nc(/C=C2/CCc3ccccc3C2=O)cs1)c1c(C)cccc1C. The van der Waals surface area contributed by atoms with E-state index in [4.69, 9.17) is 0 Å². The Balaban J connectivity index is 1.68. The zero-order valence-electron chi connectivity index (χ0n) is 16.7. The fourth-order valence-corrected chi connectivity index (χ4v) is 4.65. The highest BCUT2D eigenvalue weighted by molar-refractivity contribution is 7.14. The van der Waals surface area contributed by atoms with Gasteiger partial charge >= 0.3 is 0 Å². The summed E-state index contributed by atoms with van der Waals surface area (Å²) in [5.74, 6) is -0.0156. The summed E-state index contributed by atoms with van der Waals surface area (Å²) in [6.45, 7) is 5.53. The van der Waals surface area contributed by atoms with Gasteiger partial charge in [-0.05, 0) is 49.5 Å². The maximum Gasteiger partial charge on any atom is 0.230 e. The molecular weight excluding hydrogens is 380 g/mol. The molecule has 1 aromatic heterocycles. The number of carbonyl (C=O) groups is 2. The van der Waals surface area contributed by atoms with Gasteiger partial charge in [0.25, 0.3) is 0 Å². The van der Waals surface area contributed by atoms with Gasteiger partial charge in [-0.2, -0.15) is 0 Å². The van der Waals surface area contributed by atoms with Gasteiger partial charge in [0, 0.05) is 23.4 Å². The van der Waals surface area contributed by atoms with Crippen LogP contribution in [-0.4, -0.2) is 16.7 Å². The predicted molar refractivity (Wildman–Crippen MR) is 118 cm³/mol. The number of ketones is 1. The summed E-state index contributed by atoms with van der Waals surface area (Å²) in [4.78, 5) is 31.6. The number of anilines is 2. The van der Waals surface area contributed by atoms with Crippen molar-refractivity contribution in [2.75, 3.05) is 4.90 Å². The maximum absolute atomic E-state index is 12.8. The number of allylic oxidation sites excluding steroid dienone is 1. The first kappa shape index (κ1) is 19.3. The van der Waals surface area contributed by atoms with Crippen LogP contribution in [0.25, 0.3) is 6.08 Å². The molecule has 1 aliphatic carbocycles. The number of carbonyl (C=O) groups excluding carboxylic acids is 2. The number of para-hydroxylation sites is 1. The molecule has 146 valence electrons. The molecule has 0 bridgehead atoms. The van der Waals surface area contributed by atoms with Crippen LogP contribution in [0.1, 0.15) is 46.1 Å². The van der Waals surface area contributed by atoms with Crippen molar-refractivity contribution < 1.29 is 9.59 Å². The lowest BCUT2D eigenvalue weighted by molar-refractivity contribution is -0.115. The number of hydrogen-bond donors (Lipinski definition) is 0. The van der Waals surface area contributed by atoms with Crippen LogP contribution >= 0.6 is 11.3 Å². The third-order valence-electron chi connectivity index (χ3n) is 5.22. The monoisotopic (exact) mass is 402 g/mol. The van der Waals surface area contributed by atoms with Crippen molar-refractivity contribution in [1.29, 1.82) is 0 Å². The summed E-state index contributed by atoms with van der Waals surface area (Å²) in [6, 6.07) is 13.7. The van der Waals surface area contributed by atoms with Crippen LogP contribution < -0.4 is 4.90 Å². The van der Waals surface area contributed by atoms with E-state index >= 15 is 0 Å². The molecule has 0 saturated carbocycles. The molecule has 0 unspecified atom stereocenters. The third-order valence-corrected chi connectivity index (χ3v) is 6.06. The number of aromatic nitrogens is 1. The van der Waals surface area contributed by atoms with Crippen LogP contribution in [0.4, 0.5) is 10.8 Å². The first-order valence-electron chi connectivity index (χ1n) is 9.61. The predicted octanol–water partition coefficient (Wildman–Crippen LogP) is 5.66. The maximum atomic E-state index is 12.8. The zero-order valence-corrected chi connectivity index (χ0v) is 17.5. The van der Waals surface area contributed by atoms with Crippen molar-refractivity contribution >= 4 is 39.9 Å². The Hall–Kier alpha value is -3.05. The van der Waals surface area contributed by atoms with Crippen molar-refractivity contribution in [3.05, 3.63) is 81.4 Å². The zero-order chi connectivity index (χ0) is 20.5. The summed E-state index contributed by atoms with van der Waals surface area (Å²) in [5.41, 5.74) is 6.28. The van der Waals surface area contributed by atoms with Crippen LogP contribution in [0.2, 0.25) is 0 Å². The number of fused-ring (bicyclic) bond motifs is 1. The van der Waals surface area contributed by atoms with E-state index in [0.717, 1.165) is 39.9 Å². The van der Waals surface area contributed by atoms with Crippen molar-refractivity contribution in [2.45, 2.75) is 33.6 Å². The van der Waals surface area contributed by atoms with E-state index in [9.17, 15) is 9.59 Å². The van der Waals surface area contributed by atoms with Gasteiger partial charge in [-0.1, -0.05) is 42.5 Å². The molecule has 0 spiro atoms. The number of nitrogens with zero attached hydrogens (tertiary/aromatic N) is 2. The number of amides is 1. The average Bonchev–Trinajstić information content (AvgIpc) is 3.15. The Morgan fingerprint density at radius 2 is 1.79 bits per heavy atom.